The van der Waals surface area contributed by atoms with Crippen molar-refractivity contribution in [1.82, 2.24) is 15.5 Å². The van der Waals surface area contributed by atoms with Gasteiger partial charge in [-0.25, -0.2) is 4.79 Å². The maximum absolute atomic E-state index is 12.8. The summed E-state index contributed by atoms with van der Waals surface area (Å²) in [5.41, 5.74) is 2.28. The molecule has 1 aliphatic carbocycles. The molecule has 0 aromatic heterocycles. The fourth-order valence-electron chi connectivity index (χ4n) is 5.32. The summed E-state index contributed by atoms with van der Waals surface area (Å²) >= 11 is 0. The molecule has 6 heteroatoms. The molecule has 0 bridgehead atoms. The van der Waals surface area contributed by atoms with Gasteiger partial charge in [0.25, 0.3) is 0 Å². The monoisotopic (exact) mass is 435 g/mol. The number of fused-ring (bicyclic) bond motifs is 1. The number of ether oxygens (including phenoxy) is 1. The molecule has 6 nitrogen and oxygen atoms in total. The molecule has 4 rings (SSSR count). The highest BCUT2D eigenvalue weighted by Gasteiger charge is 2.50. The Balaban J connectivity index is 1.27. The van der Waals surface area contributed by atoms with Crippen LogP contribution in [-0.2, 0) is 17.8 Å². The fourth-order valence-corrected chi connectivity index (χ4v) is 5.32. The van der Waals surface area contributed by atoms with Crippen molar-refractivity contribution >= 4 is 11.9 Å². The molecule has 2 N–H and O–H groups in total. The molecule has 1 heterocycles. The van der Waals surface area contributed by atoms with Gasteiger partial charge >= 0.3 is 6.03 Å². The lowest BCUT2D eigenvalue weighted by atomic mass is 9.88. The van der Waals surface area contributed by atoms with Gasteiger partial charge in [-0.15, -0.1) is 0 Å². The molecule has 0 spiro atoms. The molecule has 170 valence electrons. The molecule has 4 atom stereocenters. The molecule has 3 amide bonds. The van der Waals surface area contributed by atoms with Crippen molar-refractivity contribution in [1.29, 1.82) is 0 Å². The zero-order chi connectivity index (χ0) is 22.5. The first kappa shape index (κ1) is 22.2. The van der Waals surface area contributed by atoms with E-state index in [1.807, 2.05) is 42.5 Å². The van der Waals surface area contributed by atoms with Gasteiger partial charge in [-0.1, -0.05) is 49.4 Å². The number of methoxy groups -OCH3 is 1. The van der Waals surface area contributed by atoms with Crippen LogP contribution in [0.2, 0.25) is 0 Å². The Morgan fingerprint density at radius 2 is 1.81 bits per heavy atom. The standard InChI is InChI=1S/C26H33N3O3/c1-18-14-24-22(23(18)17-28-26(31)27-16-20-6-4-3-5-7-20)15-25(30)29(24)13-12-19-8-10-21(32-2)11-9-19/h3-11,18,22-24H,12-17H2,1-2H3,(H2,27,28,31)/t18-,22-,23+,24+/m0/s1. The van der Waals surface area contributed by atoms with Crippen molar-refractivity contribution in [2.75, 3.05) is 20.2 Å². The predicted molar refractivity (Wildman–Crippen MR) is 124 cm³/mol. The van der Waals surface area contributed by atoms with Crippen LogP contribution in [0.3, 0.4) is 0 Å². The molecule has 2 fully saturated rings. The number of benzene rings is 2. The predicted octanol–water partition coefficient (Wildman–Crippen LogP) is 3.61. The summed E-state index contributed by atoms with van der Waals surface area (Å²) < 4.78 is 5.22. The number of urea groups is 1. The Bertz CT molecular complexity index is 916. The second-order valence-corrected chi connectivity index (χ2v) is 9.05. The minimum atomic E-state index is -0.148. The van der Waals surface area contributed by atoms with E-state index >= 15 is 0 Å². The van der Waals surface area contributed by atoms with Crippen LogP contribution in [0.4, 0.5) is 4.79 Å². The number of rotatable bonds is 8. The van der Waals surface area contributed by atoms with Crippen molar-refractivity contribution < 1.29 is 14.3 Å². The highest BCUT2D eigenvalue weighted by molar-refractivity contribution is 5.79. The summed E-state index contributed by atoms with van der Waals surface area (Å²) in [4.78, 5) is 27.1. The summed E-state index contributed by atoms with van der Waals surface area (Å²) in [6.07, 6.45) is 2.45. The van der Waals surface area contributed by atoms with E-state index in [9.17, 15) is 9.59 Å². The smallest absolute Gasteiger partial charge is 0.315 e. The number of nitrogens with zero attached hydrogens (tertiary/aromatic N) is 1. The van der Waals surface area contributed by atoms with Crippen LogP contribution in [0.15, 0.2) is 54.6 Å². The molecule has 32 heavy (non-hydrogen) atoms. The Kier molecular flexibility index (Phi) is 6.98. The SMILES string of the molecule is COc1ccc(CCN2C(=O)C[C@H]3[C@H](CNC(=O)NCc4ccccc4)[C@@H](C)C[C@H]32)cc1. The number of nitrogens with one attached hydrogen (secondary N) is 2. The zero-order valence-electron chi connectivity index (χ0n) is 18.9. The van der Waals surface area contributed by atoms with E-state index in [0.717, 1.165) is 30.7 Å². The highest BCUT2D eigenvalue weighted by atomic mass is 16.5. The van der Waals surface area contributed by atoms with E-state index in [2.05, 4.69) is 34.6 Å². The van der Waals surface area contributed by atoms with Crippen LogP contribution in [0.5, 0.6) is 5.75 Å². The summed E-state index contributed by atoms with van der Waals surface area (Å²) in [5, 5.41) is 5.97. The van der Waals surface area contributed by atoms with Gasteiger partial charge in [-0.05, 0) is 53.9 Å². The summed E-state index contributed by atoms with van der Waals surface area (Å²) in [7, 11) is 1.66. The van der Waals surface area contributed by atoms with Gasteiger partial charge in [-0.2, -0.15) is 0 Å². The third kappa shape index (κ3) is 5.06. The zero-order valence-corrected chi connectivity index (χ0v) is 18.9. The molecule has 1 aliphatic heterocycles. The van der Waals surface area contributed by atoms with Crippen LogP contribution in [0.25, 0.3) is 0 Å². The van der Waals surface area contributed by atoms with Gasteiger partial charge in [0.2, 0.25) is 5.91 Å². The first-order valence-corrected chi connectivity index (χ1v) is 11.5. The van der Waals surface area contributed by atoms with Crippen molar-refractivity contribution in [2.24, 2.45) is 17.8 Å². The average Bonchev–Trinajstić information content (AvgIpc) is 3.28. The van der Waals surface area contributed by atoms with Crippen LogP contribution >= 0.6 is 0 Å². The molecular formula is C26H33N3O3. The second-order valence-electron chi connectivity index (χ2n) is 9.05. The van der Waals surface area contributed by atoms with Gasteiger partial charge in [0.15, 0.2) is 0 Å². The Morgan fingerprint density at radius 1 is 1.06 bits per heavy atom. The quantitative estimate of drug-likeness (QED) is 0.666. The molecule has 1 saturated heterocycles. The van der Waals surface area contributed by atoms with Gasteiger partial charge in [0.1, 0.15) is 5.75 Å². The highest BCUT2D eigenvalue weighted by Crippen LogP contribution is 2.45. The van der Waals surface area contributed by atoms with Crippen LogP contribution < -0.4 is 15.4 Å². The Hall–Kier alpha value is -3.02. The minimum absolute atomic E-state index is 0.148. The third-order valence-corrected chi connectivity index (χ3v) is 7.11. The lowest BCUT2D eigenvalue weighted by Gasteiger charge is -2.24. The maximum Gasteiger partial charge on any atom is 0.315 e. The van der Waals surface area contributed by atoms with E-state index < -0.39 is 0 Å². The summed E-state index contributed by atoms with van der Waals surface area (Å²) in [5.74, 6) is 2.23. The topological polar surface area (TPSA) is 70.7 Å². The van der Waals surface area contributed by atoms with Gasteiger partial charge in [0.05, 0.1) is 7.11 Å². The minimum Gasteiger partial charge on any atom is -0.497 e. The van der Waals surface area contributed by atoms with Crippen molar-refractivity contribution in [2.45, 2.75) is 38.8 Å². The van der Waals surface area contributed by atoms with E-state index in [1.54, 1.807) is 7.11 Å². The number of hydrogen-bond acceptors (Lipinski definition) is 3. The molecule has 2 aromatic carbocycles. The van der Waals surface area contributed by atoms with E-state index in [-0.39, 0.29) is 18.0 Å². The number of carbonyl (C=O) groups is 2. The van der Waals surface area contributed by atoms with Crippen molar-refractivity contribution in [3.63, 3.8) is 0 Å². The number of carbonyl (C=O) groups excluding carboxylic acids is 2. The van der Waals surface area contributed by atoms with E-state index in [0.29, 0.717) is 37.3 Å². The summed E-state index contributed by atoms with van der Waals surface area (Å²) in [6.45, 7) is 4.12. The number of hydrogen-bond donors (Lipinski definition) is 2. The van der Waals surface area contributed by atoms with Crippen molar-refractivity contribution in [3.05, 3.63) is 65.7 Å². The molecule has 2 aliphatic rings. The normalized spacial score (nSPS) is 24.3. The lowest BCUT2D eigenvalue weighted by molar-refractivity contribution is -0.129. The van der Waals surface area contributed by atoms with Gasteiger partial charge in [0, 0.05) is 32.1 Å². The first-order chi connectivity index (χ1) is 15.5. The van der Waals surface area contributed by atoms with Crippen LogP contribution in [0.1, 0.15) is 30.9 Å². The fraction of sp³-hybridized carbons (Fsp3) is 0.462. The Labute approximate surface area is 190 Å². The third-order valence-electron chi connectivity index (χ3n) is 7.11. The molecule has 1 saturated carbocycles. The van der Waals surface area contributed by atoms with Crippen LogP contribution in [-0.4, -0.2) is 43.1 Å². The maximum atomic E-state index is 12.8. The summed E-state index contributed by atoms with van der Waals surface area (Å²) in [6, 6.07) is 18.1. The number of likely N-dealkylation sites (tertiary alicyclic amines) is 1. The number of amides is 3. The van der Waals surface area contributed by atoms with Gasteiger partial charge < -0.3 is 20.3 Å². The first-order valence-electron chi connectivity index (χ1n) is 11.5. The van der Waals surface area contributed by atoms with E-state index in [4.69, 9.17) is 4.74 Å². The molecular weight excluding hydrogens is 402 g/mol. The molecule has 2 aromatic rings. The van der Waals surface area contributed by atoms with Crippen LogP contribution in [0, 0.1) is 17.8 Å². The van der Waals surface area contributed by atoms with Crippen molar-refractivity contribution in [3.8, 4) is 5.75 Å². The van der Waals surface area contributed by atoms with E-state index in [1.165, 1.54) is 5.56 Å². The lowest BCUT2D eigenvalue weighted by Crippen LogP contribution is -2.40. The average molecular weight is 436 g/mol. The molecule has 0 unspecified atom stereocenters. The largest absolute Gasteiger partial charge is 0.497 e. The molecule has 0 radical (unpaired) electrons. The second kappa shape index (κ2) is 10.1. The Morgan fingerprint density at radius 3 is 2.53 bits per heavy atom. The van der Waals surface area contributed by atoms with Gasteiger partial charge in [-0.3, -0.25) is 4.79 Å².